The summed E-state index contributed by atoms with van der Waals surface area (Å²) in [4.78, 5) is 0. The third kappa shape index (κ3) is 8.50. The molecule has 0 aromatic rings. The largest absolute Gasteiger partial charge is 0.385 e. The highest BCUT2D eigenvalue weighted by atomic mass is 35.5. The maximum Gasteiger partial charge on any atom is 0.0694 e. The summed E-state index contributed by atoms with van der Waals surface area (Å²) in [5, 5.41) is 3.36. The first kappa shape index (κ1) is 13.2. The first-order valence-corrected chi connectivity index (χ1v) is 4.99. The van der Waals surface area contributed by atoms with Gasteiger partial charge in [0.05, 0.1) is 12.0 Å². The Morgan fingerprint density at radius 2 is 2.00 bits per heavy atom. The quantitative estimate of drug-likeness (QED) is 0.611. The van der Waals surface area contributed by atoms with E-state index >= 15 is 0 Å². The molecule has 0 saturated heterocycles. The predicted molar refractivity (Wildman–Crippen MR) is 55.5 cm³/mol. The smallest absolute Gasteiger partial charge is 0.0694 e. The SMILES string of the molecule is COCCC(C)NCC(Cl)COC. The van der Waals surface area contributed by atoms with Crippen molar-refractivity contribution in [2.45, 2.75) is 24.8 Å². The Morgan fingerprint density at radius 1 is 1.31 bits per heavy atom. The van der Waals surface area contributed by atoms with E-state index in [1.165, 1.54) is 0 Å². The summed E-state index contributed by atoms with van der Waals surface area (Å²) < 4.78 is 9.89. The Labute approximate surface area is 85.7 Å². The van der Waals surface area contributed by atoms with Gasteiger partial charge in [0.15, 0.2) is 0 Å². The van der Waals surface area contributed by atoms with Crippen LogP contribution in [0.5, 0.6) is 0 Å². The van der Waals surface area contributed by atoms with Crippen LogP contribution in [0.25, 0.3) is 0 Å². The molecule has 0 aliphatic heterocycles. The van der Waals surface area contributed by atoms with E-state index in [4.69, 9.17) is 21.1 Å². The van der Waals surface area contributed by atoms with Crippen molar-refractivity contribution in [1.82, 2.24) is 5.32 Å². The van der Waals surface area contributed by atoms with Gasteiger partial charge in [-0.15, -0.1) is 11.6 Å². The molecule has 0 spiro atoms. The van der Waals surface area contributed by atoms with Gasteiger partial charge < -0.3 is 14.8 Å². The molecule has 0 aliphatic carbocycles. The molecule has 80 valence electrons. The molecule has 2 atom stereocenters. The van der Waals surface area contributed by atoms with Gasteiger partial charge in [-0.2, -0.15) is 0 Å². The highest BCUT2D eigenvalue weighted by Gasteiger charge is 2.06. The third-order valence-corrected chi connectivity index (χ3v) is 2.07. The van der Waals surface area contributed by atoms with E-state index < -0.39 is 0 Å². The van der Waals surface area contributed by atoms with E-state index in [0.717, 1.165) is 19.6 Å². The molecule has 3 nitrogen and oxygen atoms in total. The highest BCUT2D eigenvalue weighted by Crippen LogP contribution is 1.96. The summed E-state index contributed by atoms with van der Waals surface area (Å²) >= 11 is 5.94. The molecule has 0 rings (SSSR count). The van der Waals surface area contributed by atoms with E-state index in [0.29, 0.717) is 12.6 Å². The summed E-state index contributed by atoms with van der Waals surface area (Å²) in [6, 6.07) is 0.443. The zero-order valence-corrected chi connectivity index (χ0v) is 9.43. The number of methoxy groups -OCH3 is 2. The molecule has 2 unspecified atom stereocenters. The van der Waals surface area contributed by atoms with Gasteiger partial charge >= 0.3 is 0 Å². The fourth-order valence-corrected chi connectivity index (χ4v) is 1.18. The maximum atomic E-state index is 5.94. The molecule has 0 amide bonds. The van der Waals surface area contributed by atoms with Gasteiger partial charge in [0.25, 0.3) is 0 Å². The van der Waals surface area contributed by atoms with Crippen LogP contribution in [0, 0.1) is 0 Å². The minimum atomic E-state index is 0.0509. The van der Waals surface area contributed by atoms with Crippen molar-refractivity contribution in [2.24, 2.45) is 0 Å². The third-order valence-electron chi connectivity index (χ3n) is 1.79. The lowest BCUT2D eigenvalue weighted by Crippen LogP contribution is -2.34. The minimum absolute atomic E-state index is 0.0509. The van der Waals surface area contributed by atoms with Crippen LogP contribution in [-0.2, 0) is 9.47 Å². The number of ether oxygens (including phenoxy) is 2. The fraction of sp³-hybridized carbons (Fsp3) is 1.00. The van der Waals surface area contributed by atoms with E-state index in [2.05, 4.69) is 12.2 Å². The van der Waals surface area contributed by atoms with Gasteiger partial charge in [-0.25, -0.2) is 0 Å². The molecule has 0 aromatic heterocycles. The highest BCUT2D eigenvalue weighted by molar-refractivity contribution is 6.20. The van der Waals surface area contributed by atoms with Crippen LogP contribution in [0.4, 0.5) is 0 Å². The van der Waals surface area contributed by atoms with Crippen LogP contribution in [-0.4, -0.2) is 45.4 Å². The van der Waals surface area contributed by atoms with Crippen LogP contribution in [0.1, 0.15) is 13.3 Å². The topological polar surface area (TPSA) is 30.5 Å². The molecule has 1 N–H and O–H groups in total. The van der Waals surface area contributed by atoms with E-state index in [9.17, 15) is 0 Å². The Bertz CT molecular complexity index is 114. The average Bonchev–Trinajstić information content (AvgIpc) is 2.12. The van der Waals surface area contributed by atoms with Gasteiger partial charge in [0, 0.05) is 33.4 Å². The summed E-state index contributed by atoms with van der Waals surface area (Å²) in [6.07, 6.45) is 1.01. The van der Waals surface area contributed by atoms with Gasteiger partial charge in [-0.05, 0) is 13.3 Å². The number of alkyl halides is 1. The van der Waals surface area contributed by atoms with Gasteiger partial charge in [0.1, 0.15) is 0 Å². The first-order valence-electron chi connectivity index (χ1n) is 4.56. The molecule has 0 aromatic carbocycles. The molecular formula is C9H20ClNO2. The number of hydrogen-bond donors (Lipinski definition) is 1. The standard InChI is InChI=1S/C9H20ClNO2/c1-8(4-5-12-2)11-6-9(10)7-13-3/h8-9,11H,4-7H2,1-3H3. The first-order chi connectivity index (χ1) is 6.20. The van der Waals surface area contributed by atoms with Crippen LogP contribution < -0.4 is 5.32 Å². The van der Waals surface area contributed by atoms with Crippen molar-refractivity contribution in [2.75, 3.05) is 34.0 Å². The number of rotatable bonds is 8. The lowest BCUT2D eigenvalue weighted by atomic mass is 10.2. The zero-order chi connectivity index (χ0) is 10.1. The van der Waals surface area contributed by atoms with E-state index in [1.54, 1.807) is 14.2 Å². The molecule has 0 saturated carbocycles. The van der Waals surface area contributed by atoms with Crippen molar-refractivity contribution in [3.05, 3.63) is 0 Å². The molecule has 0 aliphatic rings. The number of nitrogens with one attached hydrogen (secondary N) is 1. The van der Waals surface area contributed by atoms with Crippen LogP contribution in [0.3, 0.4) is 0 Å². The van der Waals surface area contributed by atoms with Crippen LogP contribution >= 0.6 is 11.6 Å². The van der Waals surface area contributed by atoms with Crippen LogP contribution in [0.15, 0.2) is 0 Å². The van der Waals surface area contributed by atoms with Crippen molar-refractivity contribution < 1.29 is 9.47 Å². The van der Waals surface area contributed by atoms with Gasteiger partial charge in [-0.3, -0.25) is 0 Å². The molecule has 0 heterocycles. The lowest BCUT2D eigenvalue weighted by molar-refractivity contribution is 0.180. The average molecular weight is 210 g/mol. The Kier molecular flexibility index (Phi) is 8.87. The molecule has 4 heteroatoms. The van der Waals surface area contributed by atoms with Crippen molar-refractivity contribution in [1.29, 1.82) is 0 Å². The molecular weight excluding hydrogens is 190 g/mol. The Morgan fingerprint density at radius 3 is 2.54 bits per heavy atom. The normalized spacial score (nSPS) is 15.7. The molecule has 0 bridgehead atoms. The second-order valence-electron chi connectivity index (χ2n) is 3.14. The van der Waals surface area contributed by atoms with Crippen molar-refractivity contribution >= 4 is 11.6 Å². The zero-order valence-electron chi connectivity index (χ0n) is 8.68. The van der Waals surface area contributed by atoms with Crippen molar-refractivity contribution in [3.63, 3.8) is 0 Å². The molecule has 0 radical (unpaired) electrons. The number of halogens is 1. The van der Waals surface area contributed by atoms with Crippen molar-refractivity contribution in [3.8, 4) is 0 Å². The monoisotopic (exact) mass is 209 g/mol. The summed E-state index contributed by atoms with van der Waals surface area (Å²) in [7, 11) is 3.37. The van der Waals surface area contributed by atoms with Gasteiger partial charge in [0.2, 0.25) is 0 Å². The summed E-state index contributed by atoms with van der Waals surface area (Å²) in [5.41, 5.74) is 0. The van der Waals surface area contributed by atoms with Gasteiger partial charge in [-0.1, -0.05) is 0 Å². The second kappa shape index (κ2) is 8.75. The number of hydrogen-bond acceptors (Lipinski definition) is 3. The minimum Gasteiger partial charge on any atom is -0.385 e. The molecule has 13 heavy (non-hydrogen) atoms. The second-order valence-corrected chi connectivity index (χ2v) is 3.76. The summed E-state index contributed by atoms with van der Waals surface area (Å²) in [5.74, 6) is 0. The maximum absolute atomic E-state index is 5.94. The Balaban J connectivity index is 3.29. The Hall–Kier alpha value is 0.170. The summed E-state index contributed by atoms with van der Waals surface area (Å²) in [6.45, 7) is 4.27. The van der Waals surface area contributed by atoms with E-state index in [-0.39, 0.29) is 5.38 Å². The lowest BCUT2D eigenvalue weighted by Gasteiger charge is -2.15. The predicted octanol–water partition coefficient (Wildman–Crippen LogP) is 1.25. The fourth-order valence-electron chi connectivity index (χ4n) is 0.966. The molecule has 0 fully saturated rings. The van der Waals surface area contributed by atoms with Crippen LogP contribution in [0.2, 0.25) is 0 Å². The van der Waals surface area contributed by atoms with E-state index in [1.807, 2.05) is 0 Å².